The molecular weight excluding hydrogens is 509 g/mol. The van der Waals surface area contributed by atoms with Crippen LogP contribution in [-0.2, 0) is 6.42 Å². The molecule has 0 amide bonds. The highest BCUT2D eigenvalue weighted by molar-refractivity contribution is 8.31. The molecule has 0 saturated carbocycles. The first-order valence-corrected chi connectivity index (χ1v) is 25.4. The Morgan fingerprint density at radius 1 is 0.829 bits per heavy atom. The van der Waals surface area contributed by atoms with Crippen molar-refractivity contribution in [2.45, 2.75) is 131 Å². The number of thiophene rings is 1. The lowest BCUT2D eigenvalue weighted by Crippen LogP contribution is -2.34. The molecule has 0 radical (unpaired) electrons. The van der Waals surface area contributed by atoms with Crippen molar-refractivity contribution >= 4 is 55.7 Å². The van der Waals surface area contributed by atoms with Crippen LogP contribution in [0.25, 0.3) is 4.91 Å². The topological polar surface area (TPSA) is 0 Å². The molecule has 0 bridgehead atoms. The summed E-state index contributed by atoms with van der Waals surface area (Å²) in [5.41, 5.74) is 3.44. The smallest absolute Gasteiger partial charge is 0.0904 e. The van der Waals surface area contributed by atoms with Crippen LogP contribution >= 0.6 is 21.2 Å². The quantitative estimate of drug-likeness (QED) is 0.186. The monoisotopic (exact) mass is 564 g/mol. The third-order valence-electron chi connectivity index (χ3n) is 7.71. The second kappa shape index (κ2) is 13.8. The van der Waals surface area contributed by atoms with Crippen LogP contribution in [0, 0.1) is 11.8 Å². The van der Waals surface area contributed by atoms with Crippen LogP contribution in [0.15, 0.2) is 22.2 Å². The van der Waals surface area contributed by atoms with Gasteiger partial charge in [-0.1, -0.05) is 124 Å². The van der Waals surface area contributed by atoms with Crippen molar-refractivity contribution in [3.05, 3.63) is 32.7 Å². The highest BCUT2D eigenvalue weighted by Gasteiger charge is 2.33. The molecule has 3 atom stereocenters. The van der Waals surface area contributed by atoms with Crippen molar-refractivity contribution < 1.29 is 0 Å². The van der Waals surface area contributed by atoms with Gasteiger partial charge in [-0.3, -0.25) is 0 Å². The first-order valence-electron chi connectivity index (χ1n) is 14.5. The largest absolute Gasteiger partial charge is 0.165 e. The van der Waals surface area contributed by atoms with E-state index < -0.39 is 16.1 Å². The summed E-state index contributed by atoms with van der Waals surface area (Å²) >= 11 is 2.21. The summed E-state index contributed by atoms with van der Waals surface area (Å²) in [4.78, 5) is 3.49. The van der Waals surface area contributed by atoms with Gasteiger partial charge >= 0.3 is 0 Å². The number of hydrogen-bond acceptors (Lipinski definition) is 1. The Balaban J connectivity index is 2.62. The fourth-order valence-electron chi connectivity index (χ4n) is 5.21. The molecule has 3 unspecified atom stereocenters. The Hall–Kier alpha value is 0.181. The summed E-state index contributed by atoms with van der Waals surface area (Å²) < 4.78 is 3.55. The van der Waals surface area contributed by atoms with Gasteiger partial charge in [0.25, 0.3) is 0 Å². The van der Waals surface area contributed by atoms with Crippen LogP contribution in [0.4, 0.5) is 0 Å². The maximum atomic E-state index is 2.73. The number of allylic oxidation sites excluding steroid dienone is 2. The van der Waals surface area contributed by atoms with Gasteiger partial charge in [0.15, 0.2) is 0 Å². The Labute approximate surface area is 230 Å². The van der Waals surface area contributed by atoms with E-state index in [-0.39, 0.29) is 9.89 Å². The molecule has 35 heavy (non-hydrogen) atoms. The minimum absolute atomic E-state index is 0.287. The van der Waals surface area contributed by atoms with E-state index in [0.717, 1.165) is 11.8 Å². The summed E-state index contributed by atoms with van der Waals surface area (Å²) in [7, 11) is -0.0815. The SMILES string of the molecule is CCCCC(CC)CC1=C(c2sc([Si](C)(C)C)cc2CC(CC)CCCC)S(=[SiH2])C([Si](C)(C)C)=C1. The van der Waals surface area contributed by atoms with E-state index in [1.54, 1.807) is 25.4 Å². The second-order valence-corrected chi connectivity index (χ2v) is 28.2. The average Bonchev–Trinajstić information content (AvgIpc) is 3.34. The Kier molecular flexibility index (Phi) is 12.4. The van der Waals surface area contributed by atoms with E-state index in [1.807, 2.05) is 4.53 Å². The fourth-order valence-corrected chi connectivity index (χ4v) is 19.3. The van der Waals surface area contributed by atoms with Gasteiger partial charge in [-0.05, 0) is 50.9 Å². The van der Waals surface area contributed by atoms with Crippen molar-refractivity contribution in [1.82, 2.24) is 0 Å². The average molecular weight is 565 g/mol. The van der Waals surface area contributed by atoms with Crippen LogP contribution in [0.5, 0.6) is 0 Å². The van der Waals surface area contributed by atoms with Crippen molar-refractivity contribution in [3.8, 4) is 0 Å². The standard InChI is InChI=1S/C30H56S2Si3/c1-11-15-17-23(13-3)19-25-21-27(34(5,6)7)31-29(25)30-26(20-24(14-4)18-16-12-2)22-28(32(30)33)35(8,9)10/h21-24H,11-20,33H2,1-10H3. The minimum atomic E-state index is -1.34. The van der Waals surface area contributed by atoms with E-state index in [4.69, 9.17) is 0 Å². The molecule has 0 saturated heterocycles. The number of rotatable bonds is 15. The first kappa shape index (κ1) is 31.4. The molecule has 1 aromatic heterocycles. The summed E-state index contributed by atoms with van der Waals surface area (Å²) in [5, 5.41) is 0. The summed E-state index contributed by atoms with van der Waals surface area (Å²) in [6.45, 7) is 24.9. The molecule has 0 fully saturated rings. The normalized spacial score (nSPS) is 18.8. The first-order chi connectivity index (χ1) is 16.4. The van der Waals surface area contributed by atoms with Gasteiger partial charge in [0, 0.05) is 18.7 Å². The lowest BCUT2D eigenvalue weighted by Gasteiger charge is -2.23. The maximum Gasteiger partial charge on any atom is 0.0904 e. The third kappa shape index (κ3) is 8.59. The van der Waals surface area contributed by atoms with Crippen molar-refractivity contribution in [2.24, 2.45) is 11.8 Å². The minimum Gasteiger partial charge on any atom is -0.165 e. The lowest BCUT2D eigenvalue weighted by molar-refractivity contribution is 0.449. The second-order valence-electron chi connectivity index (χ2n) is 13.0. The molecule has 5 heteroatoms. The van der Waals surface area contributed by atoms with Crippen molar-refractivity contribution in [2.75, 3.05) is 0 Å². The van der Waals surface area contributed by atoms with Crippen LogP contribution in [0.1, 0.15) is 95.9 Å². The molecule has 0 aliphatic carbocycles. The molecule has 0 N–H and O–H groups in total. The number of hydrogen-bond donors (Lipinski definition) is 0. The van der Waals surface area contributed by atoms with E-state index in [1.165, 1.54) is 64.2 Å². The molecule has 1 aliphatic heterocycles. The summed E-state index contributed by atoms with van der Waals surface area (Å²) in [6.07, 6.45) is 16.1. The highest BCUT2D eigenvalue weighted by atomic mass is 32.3. The summed E-state index contributed by atoms with van der Waals surface area (Å²) in [6, 6.07) is 2.69. The molecule has 0 nitrogen and oxygen atoms in total. The molecule has 1 aliphatic rings. The zero-order valence-corrected chi connectivity index (χ0v) is 30.0. The van der Waals surface area contributed by atoms with Gasteiger partial charge in [-0.25, -0.2) is 0 Å². The van der Waals surface area contributed by atoms with E-state index >= 15 is 0 Å². The Bertz CT molecular complexity index is 909. The van der Waals surface area contributed by atoms with Crippen LogP contribution < -0.4 is 4.50 Å². The van der Waals surface area contributed by atoms with E-state index in [2.05, 4.69) is 99.4 Å². The molecule has 1 aromatic rings. The zero-order valence-electron chi connectivity index (χ0n) is 24.9. The Morgan fingerprint density at radius 3 is 1.83 bits per heavy atom. The molecular formula is C30H56S2Si3. The highest BCUT2D eigenvalue weighted by Crippen LogP contribution is 2.54. The van der Waals surface area contributed by atoms with Crippen LogP contribution in [0.2, 0.25) is 39.3 Å². The van der Waals surface area contributed by atoms with Gasteiger partial charge < -0.3 is 0 Å². The number of unbranched alkanes of at least 4 members (excludes halogenated alkanes) is 2. The van der Waals surface area contributed by atoms with Crippen molar-refractivity contribution in [1.29, 1.82) is 0 Å². The predicted octanol–water partition coefficient (Wildman–Crippen LogP) is 9.96. The van der Waals surface area contributed by atoms with Crippen molar-refractivity contribution in [3.63, 3.8) is 0 Å². The summed E-state index contributed by atoms with van der Waals surface area (Å²) in [5.74, 6) is 1.67. The van der Waals surface area contributed by atoms with Gasteiger partial charge in [-0.15, -0.1) is 11.3 Å². The predicted molar refractivity (Wildman–Crippen MR) is 177 cm³/mol. The Morgan fingerprint density at radius 2 is 1.37 bits per heavy atom. The maximum absolute atomic E-state index is 2.73. The lowest BCUT2D eigenvalue weighted by atomic mass is 9.90. The molecule has 0 spiro atoms. The van der Waals surface area contributed by atoms with Gasteiger partial charge in [0.1, 0.15) is 0 Å². The van der Waals surface area contributed by atoms with Crippen LogP contribution in [-0.4, -0.2) is 25.1 Å². The zero-order chi connectivity index (χ0) is 26.4. The fraction of sp³-hybridized carbons (Fsp3) is 0.733. The van der Waals surface area contributed by atoms with E-state index in [0.29, 0.717) is 0 Å². The molecule has 0 aromatic carbocycles. The molecule has 2 rings (SSSR count). The third-order valence-corrected chi connectivity index (χ3v) is 21.1. The van der Waals surface area contributed by atoms with Gasteiger partial charge in [0.05, 0.1) is 16.1 Å². The van der Waals surface area contributed by atoms with Gasteiger partial charge in [0.2, 0.25) is 0 Å². The van der Waals surface area contributed by atoms with Gasteiger partial charge in [-0.2, -0.15) is 9.89 Å². The van der Waals surface area contributed by atoms with Crippen LogP contribution in [0.3, 0.4) is 0 Å². The molecule has 2 heterocycles. The molecule has 200 valence electrons. The van der Waals surface area contributed by atoms with E-state index in [9.17, 15) is 0 Å².